The molecule has 0 aliphatic heterocycles. The number of benzene rings is 2. The molecule has 4 heteroatoms. The van der Waals surface area contributed by atoms with Gasteiger partial charge in [0.25, 0.3) is 0 Å². The van der Waals surface area contributed by atoms with E-state index in [9.17, 15) is 4.79 Å². The fourth-order valence-corrected chi connectivity index (χ4v) is 2.57. The van der Waals surface area contributed by atoms with Gasteiger partial charge in [-0.15, -0.1) is 0 Å². The zero-order valence-corrected chi connectivity index (χ0v) is 13.0. The Balaban J connectivity index is 2.14. The second-order valence-electron chi connectivity index (χ2n) is 5.05. The molecule has 1 aromatic heterocycles. The Morgan fingerprint density at radius 2 is 1.83 bits per heavy atom. The lowest BCUT2D eigenvalue weighted by molar-refractivity contribution is -0.133. The van der Waals surface area contributed by atoms with Crippen LogP contribution in [0.15, 0.2) is 67.1 Å². The molecular weight excluding hydrogens is 290 g/mol. The van der Waals surface area contributed by atoms with Crippen molar-refractivity contribution in [2.24, 2.45) is 0 Å². The van der Waals surface area contributed by atoms with Crippen molar-refractivity contribution in [2.45, 2.75) is 0 Å². The molecule has 23 heavy (non-hydrogen) atoms. The van der Waals surface area contributed by atoms with Crippen molar-refractivity contribution in [1.82, 2.24) is 4.57 Å². The van der Waals surface area contributed by atoms with Gasteiger partial charge in [-0.3, -0.25) is 0 Å². The van der Waals surface area contributed by atoms with Crippen LogP contribution in [0, 0.1) is 0 Å². The summed E-state index contributed by atoms with van der Waals surface area (Å²) in [5.74, 6) is -0.427. The molecule has 0 radical (unpaired) electrons. The minimum absolute atomic E-state index is 0.387. The molecule has 0 saturated carbocycles. The fourth-order valence-electron chi connectivity index (χ4n) is 2.57. The third kappa shape index (κ3) is 2.83. The molecule has 0 fully saturated rings. The van der Waals surface area contributed by atoms with Crippen LogP contribution >= 0.6 is 0 Å². The van der Waals surface area contributed by atoms with Gasteiger partial charge in [-0.05, 0) is 35.2 Å². The lowest BCUT2D eigenvalue weighted by atomic mass is 10.1. The van der Waals surface area contributed by atoms with Crippen molar-refractivity contribution in [1.29, 1.82) is 0 Å². The van der Waals surface area contributed by atoms with Crippen LogP contribution in [0.25, 0.3) is 22.2 Å². The van der Waals surface area contributed by atoms with Gasteiger partial charge in [-0.25, -0.2) is 4.79 Å². The standard InChI is InChI=1S/C19H17NO3/c1-22-13-17(19(21)23-2)15-9-8-14-10-11-20(18(14)12-15)16-6-4-3-5-7-16/h3-13H,1-2H3/b17-13+. The summed E-state index contributed by atoms with van der Waals surface area (Å²) < 4.78 is 11.9. The van der Waals surface area contributed by atoms with E-state index in [-0.39, 0.29) is 0 Å². The molecule has 0 spiro atoms. The molecule has 1 heterocycles. The number of aromatic nitrogens is 1. The van der Waals surface area contributed by atoms with Crippen LogP contribution in [-0.2, 0) is 14.3 Å². The predicted molar refractivity (Wildman–Crippen MR) is 90.3 cm³/mol. The van der Waals surface area contributed by atoms with Gasteiger partial charge in [0, 0.05) is 11.9 Å². The highest BCUT2D eigenvalue weighted by Crippen LogP contribution is 2.25. The number of para-hydroxylation sites is 1. The van der Waals surface area contributed by atoms with E-state index in [1.54, 1.807) is 0 Å². The smallest absolute Gasteiger partial charge is 0.341 e. The van der Waals surface area contributed by atoms with E-state index in [1.165, 1.54) is 20.5 Å². The minimum atomic E-state index is -0.427. The van der Waals surface area contributed by atoms with E-state index < -0.39 is 5.97 Å². The first-order chi connectivity index (χ1) is 11.2. The Bertz CT molecular complexity index is 863. The number of ether oxygens (including phenoxy) is 2. The Morgan fingerprint density at radius 1 is 1.04 bits per heavy atom. The molecule has 0 aliphatic rings. The molecule has 0 bridgehead atoms. The van der Waals surface area contributed by atoms with E-state index in [2.05, 4.69) is 4.57 Å². The molecule has 0 atom stereocenters. The summed E-state index contributed by atoms with van der Waals surface area (Å²) >= 11 is 0. The van der Waals surface area contributed by atoms with E-state index >= 15 is 0 Å². The molecule has 3 rings (SSSR count). The monoisotopic (exact) mass is 307 g/mol. The van der Waals surface area contributed by atoms with E-state index in [0.29, 0.717) is 5.57 Å². The highest BCUT2D eigenvalue weighted by atomic mass is 16.5. The topological polar surface area (TPSA) is 40.5 Å². The normalized spacial score (nSPS) is 11.5. The Labute approximate surface area is 134 Å². The molecule has 2 aromatic carbocycles. The molecule has 116 valence electrons. The van der Waals surface area contributed by atoms with Gasteiger partial charge in [0.15, 0.2) is 0 Å². The van der Waals surface area contributed by atoms with Crippen LogP contribution < -0.4 is 0 Å². The number of carbonyl (C=O) groups is 1. The second-order valence-corrected chi connectivity index (χ2v) is 5.05. The van der Waals surface area contributed by atoms with E-state index in [0.717, 1.165) is 22.2 Å². The van der Waals surface area contributed by atoms with Crippen LogP contribution in [-0.4, -0.2) is 24.8 Å². The minimum Gasteiger partial charge on any atom is -0.503 e. The molecule has 0 aliphatic carbocycles. The quantitative estimate of drug-likeness (QED) is 0.418. The maximum atomic E-state index is 12.0. The second kappa shape index (κ2) is 6.40. The Kier molecular flexibility index (Phi) is 4.15. The molecule has 4 nitrogen and oxygen atoms in total. The summed E-state index contributed by atoms with van der Waals surface area (Å²) in [6.07, 6.45) is 3.42. The zero-order valence-electron chi connectivity index (χ0n) is 13.0. The Hall–Kier alpha value is -3.01. The summed E-state index contributed by atoms with van der Waals surface area (Å²) in [4.78, 5) is 12.0. The van der Waals surface area contributed by atoms with Gasteiger partial charge in [0.2, 0.25) is 0 Å². The van der Waals surface area contributed by atoms with Crippen LogP contribution in [0.2, 0.25) is 0 Å². The number of nitrogens with zero attached hydrogens (tertiary/aromatic N) is 1. The van der Waals surface area contributed by atoms with Crippen LogP contribution in [0.4, 0.5) is 0 Å². The number of methoxy groups -OCH3 is 2. The van der Waals surface area contributed by atoms with Crippen LogP contribution in [0.3, 0.4) is 0 Å². The molecule has 0 amide bonds. The van der Waals surface area contributed by atoms with Crippen molar-refractivity contribution < 1.29 is 14.3 Å². The third-order valence-electron chi connectivity index (χ3n) is 3.68. The SMILES string of the molecule is CO/C=C(/C(=O)OC)c1ccc2ccn(-c3ccccc3)c2c1. The highest BCUT2D eigenvalue weighted by Gasteiger charge is 2.14. The first-order valence-electron chi connectivity index (χ1n) is 7.23. The highest BCUT2D eigenvalue weighted by molar-refractivity contribution is 6.16. The van der Waals surface area contributed by atoms with Gasteiger partial charge >= 0.3 is 5.97 Å². The molecular formula is C19H17NO3. The first kappa shape index (κ1) is 14.9. The summed E-state index contributed by atoms with van der Waals surface area (Å²) in [5, 5.41) is 1.10. The van der Waals surface area contributed by atoms with E-state index in [4.69, 9.17) is 9.47 Å². The number of fused-ring (bicyclic) bond motifs is 1. The predicted octanol–water partition coefficient (Wildman–Crippen LogP) is 3.79. The molecule has 3 aromatic rings. The Morgan fingerprint density at radius 3 is 2.52 bits per heavy atom. The van der Waals surface area contributed by atoms with Gasteiger partial charge in [0.05, 0.1) is 26.0 Å². The summed E-state index contributed by atoms with van der Waals surface area (Å²) in [5.41, 5.74) is 3.22. The number of hydrogen-bond acceptors (Lipinski definition) is 3. The number of esters is 1. The van der Waals surface area contributed by atoms with Crippen molar-refractivity contribution in [2.75, 3.05) is 14.2 Å². The van der Waals surface area contributed by atoms with Gasteiger partial charge in [-0.2, -0.15) is 0 Å². The van der Waals surface area contributed by atoms with Gasteiger partial charge < -0.3 is 14.0 Å². The lowest BCUT2D eigenvalue weighted by Crippen LogP contribution is -2.04. The maximum Gasteiger partial charge on any atom is 0.341 e. The van der Waals surface area contributed by atoms with Gasteiger partial charge in [-0.1, -0.05) is 30.3 Å². The lowest BCUT2D eigenvalue weighted by Gasteiger charge is -2.09. The summed E-state index contributed by atoms with van der Waals surface area (Å²) in [7, 11) is 2.87. The molecule has 0 N–H and O–H groups in total. The van der Waals surface area contributed by atoms with Crippen molar-refractivity contribution in [3.8, 4) is 5.69 Å². The van der Waals surface area contributed by atoms with Crippen molar-refractivity contribution in [3.05, 3.63) is 72.6 Å². The molecule has 0 saturated heterocycles. The zero-order chi connectivity index (χ0) is 16.2. The first-order valence-corrected chi connectivity index (χ1v) is 7.23. The van der Waals surface area contributed by atoms with Crippen LogP contribution in [0.1, 0.15) is 5.56 Å². The number of rotatable bonds is 4. The average Bonchev–Trinajstić information content (AvgIpc) is 3.03. The van der Waals surface area contributed by atoms with Crippen molar-refractivity contribution >= 4 is 22.4 Å². The summed E-state index contributed by atoms with van der Waals surface area (Å²) in [6, 6.07) is 17.9. The van der Waals surface area contributed by atoms with Crippen LogP contribution in [0.5, 0.6) is 0 Å². The number of carbonyl (C=O) groups excluding carboxylic acids is 1. The summed E-state index contributed by atoms with van der Waals surface area (Å²) in [6.45, 7) is 0. The van der Waals surface area contributed by atoms with E-state index in [1.807, 2.05) is 60.8 Å². The van der Waals surface area contributed by atoms with Gasteiger partial charge in [0.1, 0.15) is 5.57 Å². The maximum absolute atomic E-state index is 12.0. The largest absolute Gasteiger partial charge is 0.503 e. The number of hydrogen-bond donors (Lipinski definition) is 0. The fraction of sp³-hybridized carbons (Fsp3) is 0.105. The average molecular weight is 307 g/mol. The molecule has 0 unspecified atom stereocenters. The van der Waals surface area contributed by atoms with Crippen molar-refractivity contribution in [3.63, 3.8) is 0 Å². The third-order valence-corrected chi connectivity index (χ3v) is 3.68.